The number of rotatable bonds is 4. The van der Waals surface area contributed by atoms with Gasteiger partial charge < -0.3 is 4.74 Å². The number of benzene rings is 1. The lowest BCUT2D eigenvalue weighted by molar-refractivity contribution is -0.384. The van der Waals surface area contributed by atoms with E-state index in [0.29, 0.717) is 12.2 Å². The van der Waals surface area contributed by atoms with E-state index in [1.54, 1.807) is 19.2 Å². The van der Waals surface area contributed by atoms with Gasteiger partial charge in [-0.05, 0) is 25.3 Å². The third-order valence-electron chi connectivity index (χ3n) is 4.30. The van der Waals surface area contributed by atoms with Crippen molar-refractivity contribution < 1.29 is 9.66 Å². The van der Waals surface area contributed by atoms with Crippen LogP contribution in [0.25, 0.3) is 0 Å². The number of nitrogens with zero attached hydrogens (tertiary/aromatic N) is 2. The van der Waals surface area contributed by atoms with Crippen molar-refractivity contribution in [2.75, 3.05) is 7.11 Å². The van der Waals surface area contributed by atoms with Crippen molar-refractivity contribution >= 4 is 5.69 Å². The first-order valence-electron chi connectivity index (χ1n) is 7.33. The van der Waals surface area contributed by atoms with Gasteiger partial charge in [0.05, 0.1) is 23.5 Å². The Bertz CT molecular complexity index is 555. The first-order valence-corrected chi connectivity index (χ1v) is 7.33. The van der Waals surface area contributed by atoms with E-state index in [2.05, 4.69) is 6.07 Å². The number of nitro groups is 1. The summed E-state index contributed by atoms with van der Waals surface area (Å²) in [6.45, 7) is 0. The molecule has 0 aliphatic heterocycles. The van der Waals surface area contributed by atoms with E-state index in [4.69, 9.17) is 4.74 Å². The number of ether oxygens (including phenoxy) is 1. The van der Waals surface area contributed by atoms with Gasteiger partial charge in [-0.15, -0.1) is 0 Å². The van der Waals surface area contributed by atoms with Crippen molar-refractivity contribution in [3.05, 3.63) is 33.9 Å². The van der Waals surface area contributed by atoms with Crippen molar-refractivity contribution in [3.8, 4) is 11.8 Å². The van der Waals surface area contributed by atoms with Gasteiger partial charge in [0.25, 0.3) is 5.69 Å². The molecule has 0 atom stereocenters. The maximum atomic E-state index is 10.9. The van der Waals surface area contributed by atoms with Gasteiger partial charge in [0, 0.05) is 17.7 Å². The zero-order chi connectivity index (χ0) is 15.3. The summed E-state index contributed by atoms with van der Waals surface area (Å²) in [5.41, 5.74) is 0.390. The van der Waals surface area contributed by atoms with Crippen molar-refractivity contribution in [1.29, 1.82) is 5.26 Å². The molecule has 1 saturated carbocycles. The van der Waals surface area contributed by atoms with Crippen molar-refractivity contribution in [2.24, 2.45) is 5.41 Å². The van der Waals surface area contributed by atoms with Crippen LogP contribution in [0.3, 0.4) is 0 Å². The maximum Gasteiger partial charge on any atom is 0.269 e. The molecule has 5 nitrogen and oxygen atoms in total. The highest BCUT2D eigenvalue weighted by atomic mass is 16.6. The quantitative estimate of drug-likeness (QED) is 0.476. The van der Waals surface area contributed by atoms with Crippen LogP contribution in [-0.4, -0.2) is 12.0 Å². The summed E-state index contributed by atoms with van der Waals surface area (Å²) >= 11 is 0. The minimum atomic E-state index is -0.418. The topological polar surface area (TPSA) is 76.2 Å². The van der Waals surface area contributed by atoms with Crippen LogP contribution in [0.2, 0.25) is 0 Å². The molecule has 0 heterocycles. The second-order valence-electron chi connectivity index (χ2n) is 5.74. The van der Waals surface area contributed by atoms with Gasteiger partial charge in [-0.3, -0.25) is 10.1 Å². The smallest absolute Gasteiger partial charge is 0.269 e. The molecule has 0 spiro atoms. The van der Waals surface area contributed by atoms with Crippen molar-refractivity contribution in [2.45, 2.75) is 44.9 Å². The number of nitriles is 1. The van der Waals surface area contributed by atoms with Gasteiger partial charge in [-0.25, -0.2) is 0 Å². The zero-order valence-corrected chi connectivity index (χ0v) is 12.3. The Kier molecular flexibility index (Phi) is 4.79. The highest BCUT2D eigenvalue weighted by Crippen LogP contribution is 2.40. The molecule has 1 aliphatic carbocycles. The first kappa shape index (κ1) is 15.3. The Hall–Kier alpha value is -2.09. The summed E-state index contributed by atoms with van der Waals surface area (Å²) in [7, 11) is 1.55. The van der Waals surface area contributed by atoms with Crippen molar-refractivity contribution in [3.63, 3.8) is 0 Å². The van der Waals surface area contributed by atoms with Gasteiger partial charge in [0.2, 0.25) is 0 Å². The van der Waals surface area contributed by atoms with Gasteiger partial charge >= 0.3 is 0 Å². The maximum absolute atomic E-state index is 10.9. The van der Waals surface area contributed by atoms with E-state index in [0.717, 1.165) is 44.1 Å². The highest BCUT2D eigenvalue weighted by molar-refractivity contribution is 5.44. The molecule has 21 heavy (non-hydrogen) atoms. The molecule has 1 aromatic carbocycles. The second kappa shape index (κ2) is 6.57. The van der Waals surface area contributed by atoms with E-state index in [1.165, 1.54) is 6.07 Å². The highest BCUT2D eigenvalue weighted by Gasteiger charge is 2.32. The number of methoxy groups -OCH3 is 1. The Morgan fingerprint density at radius 2 is 2.00 bits per heavy atom. The molecule has 0 aromatic heterocycles. The monoisotopic (exact) mass is 288 g/mol. The summed E-state index contributed by atoms with van der Waals surface area (Å²) in [6, 6.07) is 7.08. The van der Waals surface area contributed by atoms with Crippen LogP contribution in [0.1, 0.15) is 44.1 Å². The molecule has 0 unspecified atom stereocenters. The summed E-state index contributed by atoms with van der Waals surface area (Å²) < 4.78 is 5.31. The molecule has 2 rings (SSSR count). The molecule has 0 bridgehead atoms. The van der Waals surface area contributed by atoms with Crippen molar-refractivity contribution in [1.82, 2.24) is 0 Å². The van der Waals surface area contributed by atoms with Crippen LogP contribution >= 0.6 is 0 Å². The molecule has 0 amide bonds. The van der Waals surface area contributed by atoms with E-state index in [9.17, 15) is 15.4 Å². The van der Waals surface area contributed by atoms with Gasteiger partial charge in [0.1, 0.15) is 5.75 Å². The Morgan fingerprint density at radius 1 is 1.33 bits per heavy atom. The molecular weight excluding hydrogens is 268 g/mol. The molecule has 1 aromatic rings. The molecule has 5 heteroatoms. The summed E-state index contributed by atoms with van der Waals surface area (Å²) in [5.74, 6) is 0.625. The molecule has 0 N–H and O–H groups in total. The van der Waals surface area contributed by atoms with Crippen LogP contribution in [0.15, 0.2) is 18.2 Å². The first-order chi connectivity index (χ1) is 10.1. The number of hydrogen-bond acceptors (Lipinski definition) is 4. The fourth-order valence-electron chi connectivity index (χ4n) is 3.11. The number of hydrogen-bond donors (Lipinski definition) is 0. The average Bonchev–Trinajstić information content (AvgIpc) is 2.73. The summed E-state index contributed by atoms with van der Waals surface area (Å²) in [4.78, 5) is 10.5. The fraction of sp³-hybridized carbons (Fsp3) is 0.562. The standard InChI is InChI=1S/C16H20N2O3/c1-21-15-7-6-14(18(19)20)10-13(15)11-16(12-17)8-4-2-3-5-9-16/h6-7,10H,2-5,8-9,11H2,1H3. The van der Waals surface area contributed by atoms with E-state index in [1.807, 2.05) is 0 Å². The lowest BCUT2D eigenvalue weighted by Crippen LogP contribution is -2.21. The molecular formula is C16H20N2O3. The molecule has 112 valence electrons. The van der Waals surface area contributed by atoms with E-state index >= 15 is 0 Å². The predicted octanol–water partition coefficient (Wildman–Crippen LogP) is 4.01. The number of non-ortho nitro benzene ring substituents is 1. The Labute approximate surface area is 124 Å². The van der Waals surface area contributed by atoms with Gasteiger partial charge in [-0.2, -0.15) is 5.26 Å². The fourth-order valence-corrected chi connectivity index (χ4v) is 3.11. The summed E-state index contributed by atoms with van der Waals surface area (Å²) in [5, 5.41) is 20.6. The van der Waals surface area contributed by atoms with Crippen LogP contribution in [-0.2, 0) is 6.42 Å². The van der Waals surface area contributed by atoms with Crippen LogP contribution in [0, 0.1) is 26.9 Å². The normalized spacial score (nSPS) is 17.5. The van der Waals surface area contributed by atoms with Gasteiger partial charge in [0.15, 0.2) is 0 Å². The second-order valence-corrected chi connectivity index (χ2v) is 5.74. The minimum absolute atomic E-state index is 0.0486. The lowest BCUT2D eigenvalue weighted by Gasteiger charge is -2.25. The Morgan fingerprint density at radius 3 is 2.52 bits per heavy atom. The van der Waals surface area contributed by atoms with E-state index in [-0.39, 0.29) is 5.69 Å². The van der Waals surface area contributed by atoms with Crippen LogP contribution in [0.4, 0.5) is 5.69 Å². The SMILES string of the molecule is COc1ccc([N+](=O)[O-])cc1CC1(C#N)CCCCCC1. The molecule has 0 saturated heterocycles. The molecule has 1 aliphatic rings. The lowest BCUT2D eigenvalue weighted by atomic mass is 9.76. The third kappa shape index (κ3) is 3.52. The average molecular weight is 288 g/mol. The Balaban J connectivity index is 2.33. The van der Waals surface area contributed by atoms with E-state index < -0.39 is 10.3 Å². The van der Waals surface area contributed by atoms with Crippen LogP contribution < -0.4 is 4.74 Å². The minimum Gasteiger partial charge on any atom is -0.496 e. The van der Waals surface area contributed by atoms with Crippen LogP contribution in [0.5, 0.6) is 5.75 Å². The zero-order valence-electron chi connectivity index (χ0n) is 12.3. The predicted molar refractivity (Wildman–Crippen MR) is 79.1 cm³/mol. The largest absolute Gasteiger partial charge is 0.496 e. The molecule has 1 fully saturated rings. The van der Waals surface area contributed by atoms with Gasteiger partial charge in [-0.1, -0.05) is 25.7 Å². The summed E-state index contributed by atoms with van der Waals surface area (Å²) in [6.07, 6.45) is 6.65. The molecule has 0 radical (unpaired) electrons. The number of nitro benzene ring substituents is 1. The third-order valence-corrected chi connectivity index (χ3v) is 4.30.